The van der Waals surface area contributed by atoms with Crippen molar-refractivity contribution in [1.29, 1.82) is 0 Å². The van der Waals surface area contributed by atoms with E-state index in [9.17, 15) is 33.9 Å². The topological polar surface area (TPSA) is 213 Å². The lowest BCUT2D eigenvalue weighted by Crippen LogP contribution is -2.59. The molecule has 6 N–H and O–H groups in total. The average molecular weight is 884 g/mol. The highest BCUT2D eigenvalue weighted by molar-refractivity contribution is 7.09. The summed E-state index contributed by atoms with van der Waals surface area (Å²) in [5.74, 6) is -3.05. The van der Waals surface area contributed by atoms with E-state index >= 15 is 0 Å². The zero-order chi connectivity index (χ0) is 46.1. The maximum atomic E-state index is 14.9. The lowest BCUT2D eigenvalue weighted by atomic mass is 9.84. The van der Waals surface area contributed by atoms with Gasteiger partial charge in [-0.1, -0.05) is 78.9 Å². The summed E-state index contributed by atoms with van der Waals surface area (Å²) in [6.45, 7) is 16.0. The van der Waals surface area contributed by atoms with E-state index in [0.717, 1.165) is 57.1 Å². The molecule has 0 saturated carbocycles. The minimum absolute atomic E-state index is 0.0246. The first-order valence-electron chi connectivity index (χ1n) is 22.4. The van der Waals surface area contributed by atoms with Crippen molar-refractivity contribution >= 4 is 52.6 Å². The van der Waals surface area contributed by atoms with E-state index in [-0.39, 0.29) is 54.8 Å². The summed E-state index contributed by atoms with van der Waals surface area (Å²) in [6, 6.07) is 5.18. The number of aromatic nitrogens is 1. The first kappa shape index (κ1) is 51.8. The minimum Gasteiger partial charge on any atom is -0.481 e. The average Bonchev–Trinajstić information content (AvgIpc) is 3.71. The van der Waals surface area contributed by atoms with Crippen LogP contribution in [0.5, 0.6) is 0 Å². The number of ether oxygens (including phenoxy) is 1. The van der Waals surface area contributed by atoms with Gasteiger partial charge in [0.05, 0.1) is 18.0 Å². The number of anilines is 1. The Hall–Kier alpha value is -4.57. The summed E-state index contributed by atoms with van der Waals surface area (Å²) in [6.07, 6.45) is 6.94. The number of unbranched alkanes of at least 4 members (excludes halogenated alkanes) is 3. The fourth-order valence-electron chi connectivity index (χ4n) is 7.95. The van der Waals surface area contributed by atoms with Crippen LogP contribution in [0.4, 0.5) is 5.69 Å². The Bertz CT molecular complexity index is 1780. The number of carboxylic acid groups (broad SMARTS) is 1. The number of nitrogens with one attached hydrogen (secondary N) is 3. The van der Waals surface area contributed by atoms with Gasteiger partial charge < -0.3 is 36.4 Å². The molecule has 1 aliphatic heterocycles. The molecule has 2 heterocycles. The third-order valence-electron chi connectivity index (χ3n) is 11.9. The highest BCUT2D eigenvalue weighted by Crippen LogP contribution is 2.32. The molecule has 0 unspecified atom stereocenters. The largest absolute Gasteiger partial charge is 0.481 e. The Morgan fingerprint density at radius 1 is 1.03 bits per heavy atom. The predicted molar refractivity (Wildman–Crippen MR) is 242 cm³/mol. The molecule has 0 bridgehead atoms. The van der Waals surface area contributed by atoms with Gasteiger partial charge in [-0.05, 0) is 89.1 Å². The van der Waals surface area contributed by atoms with Crippen LogP contribution in [0.1, 0.15) is 147 Å². The number of esters is 1. The Balaban J connectivity index is 1.93. The van der Waals surface area contributed by atoms with Crippen LogP contribution in [0.15, 0.2) is 29.6 Å². The zero-order valence-corrected chi connectivity index (χ0v) is 39.3. The van der Waals surface area contributed by atoms with E-state index < -0.39 is 53.4 Å². The number of aliphatic carboxylic acids is 1. The second-order valence-electron chi connectivity index (χ2n) is 18.0. The smallest absolute Gasteiger partial charge is 0.309 e. The van der Waals surface area contributed by atoms with Gasteiger partial charge in [0.15, 0.2) is 6.10 Å². The molecule has 62 heavy (non-hydrogen) atoms. The van der Waals surface area contributed by atoms with Crippen molar-refractivity contribution in [3.05, 3.63) is 45.9 Å². The maximum Gasteiger partial charge on any atom is 0.309 e. The number of piperidine rings is 1. The van der Waals surface area contributed by atoms with Crippen molar-refractivity contribution in [2.45, 2.75) is 156 Å². The Labute approximate surface area is 372 Å². The molecule has 3 rings (SSSR count). The molecule has 0 radical (unpaired) electrons. The highest BCUT2D eigenvalue weighted by Gasteiger charge is 2.39. The fraction of sp³-hybridized carbons (Fsp3) is 0.674. The number of amides is 4. The summed E-state index contributed by atoms with van der Waals surface area (Å²) < 4.78 is 5.93. The van der Waals surface area contributed by atoms with Crippen molar-refractivity contribution < 1.29 is 38.6 Å². The predicted octanol–water partition coefficient (Wildman–Crippen LogP) is 6.33. The molecule has 1 aliphatic rings. The van der Waals surface area contributed by atoms with Crippen molar-refractivity contribution in [2.24, 2.45) is 23.0 Å². The molecule has 15 nitrogen and oxygen atoms in total. The molecular formula is C46H73N7O8S. The van der Waals surface area contributed by atoms with Gasteiger partial charge in [0.2, 0.25) is 17.7 Å². The van der Waals surface area contributed by atoms with Crippen LogP contribution < -0.4 is 21.7 Å². The monoisotopic (exact) mass is 884 g/mol. The van der Waals surface area contributed by atoms with Crippen LogP contribution in [0, 0.1) is 17.3 Å². The number of likely N-dealkylation sites (tertiary alicyclic amines) is 1. The second kappa shape index (κ2) is 24.9. The van der Waals surface area contributed by atoms with Gasteiger partial charge in [0.1, 0.15) is 16.7 Å². The maximum absolute atomic E-state index is 14.9. The molecule has 0 aliphatic carbocycles. The fourth-order valence-corrected chi connectivity index (χ4v) is 8.79. The van der Waals surface area contributed by atoms with E-state index in [0.29, 0.717) is 30.1 Å². The van der Waals surface area contributed by atoms with Crippen molar-refractivity contribution in [1.82, 2.24) is 25.4 Å². The van der Waals surface area contributed by atoms with Crippen LogP contribution in [0.25, 0.3) is 0 Å². The number of carboxylic acids is 1. The number of nitrogens with two attached hydrogens (primary N) is 1. The van der Waals surface area contributed by atoms with Crippen molar-refractivity contribution in [3.63, 3.8) is 0 Å². The Morgan fingerprint density at radius 2 is 1.73 bits per heavy atom. The molecule has 1 aromatic carbocycles. The molecular weight excluding hydrogens is 811 g/mol. The standard InChI is InChI=1S/C46H73N7O8S/c1-10-12-13-15-23-53(44(58)40(30(5)11-2)51-42(57)36-17-14-16-22-52(36)9)37(29(3)4)25-38(61-31(6)54)43-50-35(28-62-43)41(56)49-34(26-46(7,8)45(59)60)24-32-18-20-33(21-19-32)48-27-39(47)55/h18-21,28-30,34,36-38,40,48H,10-17,22-27H2,1-9H3,(H2,47,55)(H,49,56)(H,51,57)(H,59,60)/t30-,34-,36+,37+,38+,40-/m0/s1. The van der Waals surface area contributed by atoms with E-state index in [2.05, 4.69) is 32.8 Å². The van der Waals surface area contributed by atoms with Gasteiger partial charge in [-0.25, -0.2) is 4.98 Å². The molecule has 1 saturated heterocycles. The first-order chi connectivity index (χ1) is 29.3. The number of primary amides is 1. The van der Waals surface area contributed by atoms with Crippen LogP contribution >= 0.6 is 11.3 Å². The Morgan fingerprint density at radius 3 is 2.31 bits per heavy atom. The molecule has 16 heteroatoms. The van der Waals surface area contributed by atoms with Gasteiger partial charge in [-0.2, -0.15) is 0 Å². The van der Waals surface area contributed by atoms with Gasteiger partial charge in [0, 0.05) is 43.0 Å². The minimum atomic E-state index is -1.16. The molecule has 1 aromatic heterocycles. The van der Waals surface area contributed by atoms with E-state index in [4.69, 9.17) is 10.5 Å². The van der Waals surface area contributed by atoms with Crippen LogP contribution in [0.3, 0.4) is 0 Å². The van der Waals surface area contributed by atoms with Crippen molar-refractivity contribution in [3.8, 4) is 0 Å². The number of likely N-dealkylation sites (N-methyl/N-ethyl adjacent to an activating group) is 1. The summed E-state index contributed by atoms with van der Waals surface area (Å²) in [7, 11) is 1.95. The third-order valence-corrected chi connectivity index (χ3v) is 12.9. The number of hydrogen-bond donors (Lipinski definition) is 5. The summed E-state index contributed by atoms with van der Waals surface area (Å²) >= 11 is 1.17. The number of rotatable bonds is 26. The quantitative estimate of drug-likeness (QED) is 0.0521. The van der Waals surface area contributed by atoms with Crippen LogP contribution in [-0.4, -0.2) is 106 Å². The lowest BCUT2D eigenvalue weighted by Gasteiger charge is -2.40. The second-order valence-corrected chi connectivity index (χ2v) is 18.8. The van der Waals surface area contributed by atoms with Gasteiger partial charge in [-0.15, -0.1) is 11.3 Å². The van der Waals surface area contributed by atoms with E-state index in [1.165, 1.54) is 18.3 Å². The Kier molecular flexibility index (Phi) is 20.8. The van der Waals surface area contributed by atoms with E-state index in [1.54, 1.807) is 31.4 Å². The molecule has 6 atom stereocenters. The van der Waals surface area contributed by atoms with Gasteiger partial charge in [-0.3, -0.25) is 33.7 Å². The highest BCUT2D eigenvalue weighted by atomic mass is 32.1. The van der Waals surface area contributed by atoms with E-state index in [1.807, 2.05) is 51.8 Å². The summed E-state index contributed by atoms with van der Waals surface area (Å²) in [4.78, 5) is 87.2. The third kappa shape index (κ3) is 16.0. The van der Waals surface area contributed by atoms with Crippen LogP contribution in [-0.2, 0) is 35.1 Å². The number of carbonyl (C=O) groups is 6. The number of thiazole rings is 1. The molecule has 1 fully saturated rings. The SMILES string of the molecule is CCCCCCN(C(=O)[C@@H](NC(=O)[C@H]1CCCCN1C)[C@@H](C)CC)[C@H](C[C@@H](OC(C)=O)c1nc(C(=O)N[C@@H](Cc2ccc(NCC(N)=O)cc2)CC(C)(C)C(=O)O)cs1)C(C)C. The molecule has 346 valence electrons. The molecule has 0 spiro atoms. The number of nitrogens with zero attached hydrogens (tertiary/aromatic N) is 3. The number of benzene rings is 1. The lowest BCUT2D eigenvalue weighted by molar-refractivity contribution is -0.150. The molecule has 4 amide bonds. The van der Waals surface area contributed by atoms with Crippen molar-refractivity contribution in [2.75, 3.05) is 32.0 Å². The van der Waals surface area contributed by atoms with Gasteiger partial charge in [0.25, 0.3) is 5.91 Å². The molecule has 2 aromatic rings. The number of carbonyl (C=O) groups excluding carboxylic acids is 5. The summed E-state index contributed by atoms with van der Waals surface area (Å²) in [5, 5.41) is 21.1. The zero-order valence-electron chi connectivity index (χ0n) is 38.5. The normalized spacial score (nSPS) is 17.0. The van der Waals surface area contributed by atoms with Gasteiger partial charge >= 0.3 is 11.9 Å². The first-order valence-corrected chi connectivity index (χ1v) is 23.2. The summed E-state index contributed by atoms with van der Waals surface area (Å²) in [5.41, 5.74) is 5.69. The van der Waals surface area contributed by atoms with Crippen LogP contribution in [0.2, 0.25) is 0 Å². The number of hydrogen-bond acceptors (Lipinski definition) is 11.